The number of carbonyl (C=O) groups excluding carboxylic acids is 1. The Balaban J connectivity index is 1.47. The van der Waals surface area contributed by atoms with Gasteiger partial charge in [0.05, 0.1) is 22.7 Å². The Morgan fingerprint density at radius 1 is 1.32 bits per heavy atom. The maximum atomic E-state index is 13.2. The van der Waals surface area contributed by atoms with Crippen LogP contribution in [-0.2, 0) is 4.79 Å². The van der Waals surface area contributed by atoms with Gasteiger partial charge in [0.1, 0.15) is 12.0 Å². The predicted molar refractivity (Wildman–Crippen MR) is 113 cm³/mol. The van der Waals surface area contributed by atoms with Gasteiger partial charge in [-0.1, -0.05) is 29.6 Å². The van der Waals surface area contributed by atoms with Gasteiger partial charge in [0.2, 0.25) is 5.91 Å². The summed E-state index contributed by atoms with van der Waals surface area (Å²) in [4.78, 5) is 23.9. The van der Waals surface area contributed by atoms with Crippen LogP contribution in [0.2, 0.25) is 0 Å². The summed E-state index contributed by atoms with van der Waals surface area (Å²) in [5, 5.41) is 5.84. The van der Waals surface area contributed by atoms with Crippen molar-refractivity contribution in [2.75, 3.05) is 25.0 Å². The van der Waals surface area contributed by atoms with Gasteiger partial charge in [-0.25, -0.2) is 14.4 Å². The second kappa shape index (κ2) is 8.27. The quantitative estimate of drug-likeness (QED) is 0.786. The number of aromatic nitrogens is 1. The zero-order chi connectivity index (χ0) is 19.5. The van der Waals surface area contributed by atoms with Crippen LogP contribution in [0.3, 0.4) is 0 Å². The molecule has 0 unspecified atom stereocenters. The molecule has 2 aromatic rings. The first-order valence-corrected chi connectivity index (χ1v) is 10.1. The number of hydrogen-bond donors (Lipinski definition) is 1. The lowest BCUT2D eigenvalue weighted by atomic mass is 10.1. The van der Waals surface area contributed by atoms with Crippen molar-refractivity contribution < 1.29 is 9.18 Å². The number of aliphatic imine (C=N–C) groups is 1. The molecule has 5 nitrogen and oxygen atoms in total. The van der Waals surface area contributed by atoms with Crippen LogP contribution in [-0.4, -0.2) is 46.6 Å². The summed E-state index contributed by atoms with van der Waals surface area (Å²) in [5.74, 6) is 0.397. The molecular formula is C21H21FN4OS. The van der Waals surface area contributed by atoms with Crippen molar-refractivity contribution in [2.45, 2.75) is 25.9 Å². The van der Waals surface area contributed by atoms with Gasteiger partial charge in [-0.3, -0.25) is 9.69 Å². The monoisotopic (exact) mass is 396 g/mol. The molecule has 4 rings (SSSR count). The number of alkyl halides is 1. The van der Waals surface area contributed by atoms with E-state index in [4.69, 9.17) is 0 Å². The maximum absolute atomic E-state index is 13.2. The minimum Gasteiger partial charge on any atom is -0.310 e. The molecule has 2 aliphatic rings. The maximum Gasteiger partial charge on any atom is 0.239 e. The predicted octanol–water partition coefficient (Wildman–Crippen LogP) is 4.23. The fourth-order valence-electron chi connectivity index (χ4n) is 3.32. The highest BCUT2D eigenvalue weighted by molar-refractivity contribution is 8.21. The van der Waals surface area contributed by atoms with E-state index < -0.39 is 6.17 Å². The number of rotatable bonds is 4. The second-order valence-corrected chi connectivity index (χ2v) is 8.19. The minimum atomic E-state index is -0.738. The SMILES string of the molecule is CC1=NC=C=C(c2ccc3cnc(NC(=O)CN4CCC(F)CC4)cc3c2)S1. The van der Waals surface area contributed by atoms with Crippen molar-refractivity contribution in [3.63, 3.8) is 0 Å². The van der Waals surface area contributed by atoms with E-state index >= 15 is 0 Å². The van der Waals surface area contributed by atoms with Gasteiger partial charge >= 0.3 is 0 Å². The highest BCUT2D eigenvalue weighted by Crippen LogP contribution is 2.32. The van der Waals surface area contributed by atoms with Crippen LogP contribution in [0.5, 0.6) is 0 Å². The first-order valence-electron chi connectivity index (χ1n) is 9.31. The standard InChI is InChI=1S/C21H21FN4OS/c1-14-23-7-4-19(28-14)15-2-3-16-12-24-20(11-17(16)10-15)25-21(27)13-26-8-5-18(22)6-9-26/h2-3,7,10-12,18H,5-6,8-9,13H2,1H3,(H,24,25,27). The third-order valence-electron chi connectivity index (χ3n) is 4.83. The molecule has 1 saturated heterocycles. The van der Waals surface area contributed by atoms with Gasteiger partial charge in [-0.2, -0.15) is 0 Å². The zero-order valence-corrected chi connectivity index (χ0v) is 16.4. The molecule has 7 heteroatoms. The average molecular weight is 396 g/mol. The van der Waals surface area contributed by atoms with E-state index in [0.717, 1.165) is 26.3 Å². The number of fused-ring (bicyclic) bond motifs is 1. The van der Waals surface area contributed by atoms with E-state index in [1.165, 1.54) is 0 Å². The lowest BCUT2D eigenvalue weighted by Crippen LogP contribution is -2.39. The molecule has 0 bridgehead atoms. The van der Waals surface area contributed by atoms with Crippen LogP contribution >= 0.6 is 11.8 Å². The normalized spacial score (nSPS) is 18.1. The molecule has 3 heterocycles. The number of anilines is 1. The van der Waals surface area contributed by atoms with Crippen LogP contribution in [0.1, 0.15) is 25.3 Å². The number of hydrogen-bond acceptors (Lipinski definition) is 5. The van der Waals surface area contributed by atoms with Crippen LogP contribution in [0.25, 0.3) is 15.7 Å². The van der Waals surface area contributed by atoms with E-state index in [0.29, 0.717) is 31.7 Å². The topological polar surface area (TPSA) is 57.6 Å². The summed E-state index contributed by atoms with van der Waals surface area (Å²) in [6.45, 7) is 3.47. The molecule has 1 N–H and O–H groups in total. The molecule has 28 heavy (non-hydrogen) atoms. The van der Waals surface area contributed by atoms with Gasteiger partial charge < -0.3 is 5.32 Å². The van der Waals surface area contributed by atoms with E-state index in [2.05, 4.69) is 27.1 Å². The van der Waals surface area contributed by atoms with Gasteiger partial charge in [0, 0.05) is 24.7 Å². The largest absolute Gasteiger partial charge is 0.310 e. The van der Waals surface area contributed by atoms with Crippen LogP contribution in [0.15, 0.2) is 47.4 Å². The zero-order valence-electron chi connectivity index (χ0n) is 15.6. The number of nitrogens with zero attached hydrogens (tertiary/aromatic N) is 3. The number of likely N-dealkylation sites (tertiary alicyclic amines) is 1. The van der Waals surface area contributed by atoms with E-state index in [1.807, 2.05) is 30.0 Å². The first-order chi connectivity index (χ1) is 13.6. The van der Waals surface area contributed by atoms with Gasteiger partial charge in [-0.15, -0.1) is 0 Å². The Morgan fingerprint density at radius 2 is 2.14 bits per heavy atom. The van der Waals surface area contributed by atoms with Gasteiger partial charge in [0.25, 0.3) is 0 Å². The highest BCUT2D eigenvalue weighted by atomic mass is 32.2. The van der Waals surface area contributed by atoms with Crippen LogP contribution in [0.4, 0.5) is 10.2 Å². The summed E-state index contributed by atoms with van der Waals surface area (Å²) in [6.07, 6.45) is 3.70. The second-order valence-electron chi connectivity index (χ2n) is 6.98. The number of piperidine rings is 1. The number of amides is 1. The summed E-state index contributed by atoms with van der Waals surface area (Å²) >= 11 is 1.59. The van der Waals surface area contributed by atoms with Gasteiger partial charge in [-0.05, 0) is 42.8 Å². The molecule has 1 aromatic carbocycles. The van der Waals surface area contributed by atoms with Crippen molar-refractivity contribution in [2.24, 2.45) is 4.99 Å². The molecule has 1 fully saturated rings. The Hall–Kier alpha value is -2.47. The van der Waals surface area contributed by atoms with Crippen molar-refractivity contribution in [3.05, 3.63) is 48.0 Å². The molecule has 144 valence electrons. The summed E-state index contributed by atoms with van der Waals surface area (Å²) in [6, 6.07) is 8.00. The average Bonchev–Trinajstić information content (AvgIpc) is 2.69. The Bertz CT molecular complexity index is 1000. The number of pyridine rings is 1. The summed E-state index contributed by atoms with van der Waals surface area (Å²) in [7, 11) is 0. The fourth-order valence-corrected chi connectivity index (χ4v) is 4.08. The molecule has 1 amide bonds. The van der Waals surface area contributed by atoms with Crippen molar-refractivity contribution >= 4 is 44.2 Å². The molecule has 0 saturated carbocycles. The number of carbonyl (C=O) groups is 1. The number of nitrogens with one attached hydrogen (secondary N) is 1. The first kappa shape index (κ1) is 18.9. The molecule has 0 atom stereocenters. The van der Waals surface area contributed by atoms with E-state index in [-0.39, 0.29) is 12.5 Å². The molecule has 2 aliphatic heterocycles. The lowest BCUT2D eigenvalue weighted by Gasteiger charge is -2.27. The van der Waals surface area contributed by atoms with Gasteiger partial charge in [0.15, 0.2) is 0 Å². The fraction of sp³-hybridized carbons (Fsp3) is 0.333. The Morgan fingerprint density at radius 3 is 2.93 bits per heavy atom. The third kappa shape index (κ3) is 4.50. The number of benzene rings is 1. The molecule has 0 aliphatic carbocycles. The lowest BCUT2D eigenvalue weighted by molar-refractivity contribution is -0.117. The van der Waals surface area contributed by atoms with Crippen LogP contribution in [0, 0.1) is 0 Å². The third-order valence-corrected chi connectivity index (χ3v) is 5.79. The number of thioether (sulfide) groups is 1. The highest BCUT2D eigenvalue weighted by Gasteiger charge is 2.20. The van der Waals surface area contributed by atoms with Crippen molar-refractivity contribution in [1.82, 2.24) is 9.88 Å². The molecule has 1 aromatic heterocycles. The smallest absolute Gasteiger partial charge is 0.239 e. The Labute approximate surface area is 167 Å². The molecular weight excluding hydrogens is 375 g/mol. The molecule has 0 spiro atoms. The number of halogens is 1. The van der Waals surface area contributed by atoms with Crippen molar-refractivity contribution in [1.29, 1.82) is 0 Å². The summed E-state index contributed by atoms with van der Waals surface area (Å²) < 4.78 is 13.2. The minimum absolute atomic E-state index is 0.124. The van der Waals surface area contributed by atoms with E-state index in [9.17, 15) is 9.18 Å². The van der Waals surface area contributed by atoms with E-state index in [1.54, 1.807) is 24.2 Å². The summed E-state index contributed by atoms with van der Waals surface area (Å²) in [5.41, 5.74) is 4.23. The Kier molecular flexibility index (Phi) is 5.57. The van der Waals surface area contributed by atoms with Crippen molar-refractivity contribution in [3.8, 4) is 0 Å². The van der Waals surface area contributed by atoms with Crippen LogP contribution < -0.4 is 5.32 Å². The molecule has 0 radical (unpaired) electrons.